The van der Waals surface area contributed by atoms with Crippen molar-refractivity contribution in [1.29, 1.82) is 0 Å². The molecule has 0 aliphatic heterocycles. The summed E-state index contributed by atoms with van der Waals surface area (Å²) in [6.07, 6.45) is 0. The topological polar surface area (TPSA) is 38.3 Å². The van der Waals surface area contributed by atoms with Crippen molar-refractivity contribution in [2.45, 2.75) is 22.5 Å². The maximum absolute atomic E-state index is 12.2. The van der Waals surface area contributed by atoms with Crippen LogP contribution in [0.3, 0.4) is 0 Å². The Morgan fingerprint density at radius 3 is 2.29 bits per heavy atom. The maximum atomic E-state index is 12.2. The zero-order valence-corrected chi connectivity index (χ0v) is 14.6. The molecule has 0 atom stereocenters. The second-order valence-electron chi connectivity index (χ2n) is 4.64. The average Bonchev–Trinajstić information content (AvgIpc) is 2.56. The first-order valence-electron chi connectivity index (χ1n) is 7.27. The van der Waals surface area contributed by atoms with Crippen molar-refractivity contribution in [3.63, 3.8) is 0 Å². The van der Waals surface area contributed by atoms with E-state index >= 15 is 0 Å². The molecule has 0 saturated heterocycles. The summed E-state index contributed by atoms with van der Waals surface area (Å²) in [5.74, 6) is -1.53. The monoisotopic (exact) mass is 369 g/mol. The van der Waals surface area contributed by atoms with Crippen LogP contribution in [0, 0.1) is 0 Å². The quantitative estimate of drug-likeness (QED) is 0.655. The maximum Gasteiger partial charge on any atom is 0.288 e. The Kier molecular flexibility index (Phi) is 7.39. The van der Waals surface area contributed by atoms with Crippen LogP contribution in [0.4, 0.5) is 14.5 Å². The lowest BCUT2D eigenvalue weighted by Gasteiger charge is -2.07. The standard InChI is InChI=1S/C17H17F2NO2S2/c1-2-22-13-5-9-14(10-6-13)23-11-16(21)20-12-3-7-15(8-4-12)24-17(18)19/h3-10,17H,2,11H2,1H3,(H,20,21). The van der Waals surface area contributed by atoms with Crippen LogP contribution in [-0.2, 0) is 4.79 Å². The minimum absolute atomic E-state index is 0.150. The molecule has 128 valence electrons. The number of anilines is 1. The van der Waals surface area contributed by atoms with Crippen LogP contribution in [0.15, 0.2) is 58.3 Å². The fourth-order valence-electron chi connectivity index (χ4n) is 1.86. The van der Waals surface area contributed by atoms with E-state index in [2.05, 4.69) is 5.32 Å². The number of nitrogens with one attached hydrogen (secondary N) is 1. The molecule has 0 spiro atoms. The molecule has 1 N–H and O–H groups in total. The predicted molar refractivity (Wildman–Crippen MR) is 95.3 cm³/mol. The smallest absolute Gasteiger partial charge is 0.288 e. The third-order valence-electron chi connectivity index (χ3n) is 2.87. The zero-order valence-electron chi connectivity index (χ0n) is 13.0. The number of ether oxygens (including phenoxy) is 1. The molecule has 24 heavy (non-hydrogen) atoms. The summed E-state index contributed by atoms with van der Waals surface area (Å²) in [5.41, 5.74) is 0.589. The van der Waals surface area contributed by atoms with Gasteiger partial charge in [0.2, 0.25) is 5.91 Å². The number of hydrogen-bond donors (Lipinski definition) is 1. The molecule has 2 aromatic rings. The van der Waals surface area contributed by atoms with Crippen LogP contribution in [0.25, 0.3) is 0 Å². The number of rotatable bonds is 8. The summed E-state index contributed by atoms with van der Waals surface area (Å²) >= 11 is 1.89. The van der Waals surface area contributed by atoms with E-state index in [4.69, 9.17) is 4.74 Å². The Hall–Kier alpha value is -1.73. The third kappa shape index (κ3) is 6.41. The summed E-state index contributed by atoms with van der Waals surface area (Å²) in [5, 5.41) is 2.74. The van der Waals surface area contributed by atoms with Crippen LogP contribution in [0.5, 0.6) is 5.75 Å². The summed E-state index contributed by atoms with van der Waals surface area (Å²) in [7, 11) is 0. The molecule has 7 heteroatoms. The number of hydrogen-bond acceptors (Lipinski definition) is 4. The number of halogens is 2. The largest absolute Gasteiger partial charge is 0.494 e. The molecule has 0 heterocycles. The predicted octanol–water partition coefficient (Wildman–Crippen LogP) is 5.13. The number of carbonyl (C=O) groups excluding carboxylic acids is 1. The van der Waals surface area contributed by atoms with Crippen molar-refractivity contribution in [2.24, 2.45) is 0 Å². The van der Waals surface area contributed by atoms with Crippen LogP contribution < -0.4 is 10.1 Å². The van der Waals surface area contributed by atoms with Gasteiger partial charge in [-0.2, -0.15) is 8.78 Å². The number of benzene rings is 2. The summed E-state index contributed by atoms with van der Waals surface area (Å²) in [6, 6.07) is 13.9. The fraction of sp³-hybridized carbons (Fsp3) is 0.235. The molecule has 2 rings (SSSR count). The number of alkyl halides is 2. The Balaban J connectivity index is 1.80. The van der Waals surface area contributed by atoms with Gasteiger partial charge in [-0.25, -0.2) is 0 Å². The molecule has 3 nitrogen and oxygen atoms in total. The highest BCUT2D eigenvalue weighted by molar-refractivity contribution is 8.00. The van der Waals surface area contributed by atoms with Crippen LogP contribution in [-0.4, -0.2) is 24.0 Å². The van der Waals surface area contributed by atoms with Gasteiger partial charge in [-0.3, -0.25) is 4.79 Å². The molecular weight excluding hydrogens is 352 g/mol. The van der Waals surface area contributed by atoms with Crippen LogP contribution in [0.2, 0.25) is 0 Å². The zero-order chi connectivity index (χ0) is 17.4. The van der Waals surface area contributed by atoms with Gasteiger partial charge in [-0.05, 0) is 55.5 Å². The van der Waals surface area contributed by atoms with E-state index in [1.807, 2.05) is 31.2 Å². The minimum Gasteiger partial charge on any atom is -0.494 e. The van der Waals surface area contributed by atoms with Crippen molar-refractivity contribution in [2.75, 3.05) is 17.7 Å². The van der Waals surface area contributed by atoms with E-state index in [9.17, 15) is 13.6 Å². The van der Waals surface area contributed by atoms with Gasteiger partial charge in [0, 0.05) is 15.5 Å². The van der Waals surface area contributed by atoms with E-state index in [0.29, 0.717) is 29.0 Å². The molecule has 2 aromatic carbocycles. The van der Waals surface area contributed by atoms with Crippen molar-refractivity contribution < 1.29 is 18.3 Å². The van der Waals surface area contributed by atoms with E-state index in [0.717, 1.165) is 10.6 Å². The molecule has 1 amide bonds. The van der Waals surface area contributed by atoms with Crippen molar-refractivity contribution in [3.8, 4) is 5.75 Å². The highest BCUT2D eigenvalue weighted by Gasteiger charge is 2.07. The first kappa shape index (κ1) is 18.6. The van der Waals surface area contributed by atoms with Gasteiger partial charge in [0.15, 0.2) is 0 Å². The van der Waals surface area contributed by atoms with E-state index in [1.54, 1.807) is 24.3 Å². The molecule has 0 saturated carbocycles. The van der Waals surface area contributed by atoms with E-state index in [-0.39, 0.29) is 11.7 Å². The second kappa shape index (κ2) is 9.54. The molecule has 0 fully saturated rings. The Bertz CT molecular complexity index is 649. The first-order valence-corrected chi connectivity index (χ1v) is 9.13. The van der Waals surface area contributed by atoms with E-state index < -0.39 is 5.76 Å². The first-order chi connectivity index (χ1) is 11.6. The van der Waals surface area contributed by atoms with Crippen molar-refractivity contribution in [1.82, 2.24) is 0 Å². The Labute approximate surface area is 148 Å². The summed E-state index contributed by atoms with van der Waals surface area (Å²) in [6.45, 7) is 2.54. The molecule has 0 aliphatic rings. The van der Waals surface area contributed by atoms with Gasteiger partial charge in [0.05, 0.1) is 12.4 Å². The van der Waals surface area contributed by atoms with Gasteiger partial charge < -0.3 is 10.1 Å². The lowest BCUT2D eigenvalue weighted by atomic mass is 10.3. The summed E-state index contributed by atoms with van der Waals surface area (Å²) < 4.78 is 29.8. The Morgan fingerprint density at radius 1 is 1.08 bits per heavy atom. The van der Waals surface area contributed by atoms with Crippen LogP contribution >= 0.6 is 23.5 Å². The average molecular weight is 369 g/mol. The molecule has 0 radical (unpaired) electrons. The lowest BCUT2D eigenvalue weighted by Crippen LogP contribution is -2.13. The Morgan fingerprint density at radius 2 is 1.71 bits per heavy atom. The summed E-state index contributed by atoms with van der Waals surface area (Å²) in [4.78, 5) is 13.4. The van der Waals surface area contributed by atoms with Crippen LogP contribution in [0.1, 0.15) is 6.92 Å². The molecule has 0 bridgehead atoms. The highest BCUT2D eigenvalue weighted by Crippen LogP contribution is 2.26. The number of carbonyl (C=O) groups is 1. The lowest BCUT2D eigenvalue weighted by molar-refractivity contribution is -0.113. The third-order valence-corrected chi connectivity index (χ3v) is 4.60. The molecular formula is C17H17F2NO2S2. The molecule has 0 aliphatic carbocycles. The van der Waals surface area contributed by atoms with Gasteiger partial charge in [0.25, 0.3) is 5.76 Å². The van der Waals surface area contributed by atoms with Crippen molar-refractivity contribution in [3.05, 3.63) is 48.5 Å². The second-order valence-corrected chi connectivity index (χ2v) is 6.76. The number of amides is 1. The fourth-order valence-corrected chi connectivity index (χ4v) is 3.06. The van der Waals surface area contributed by atoms with Crippen molar-refractivity contribution >= 4 is 35.1 Å². The number of thioether (sulfide) groups is 2. The van der Waals surface area contributed by atoms with Gasteiger partial charge in [-0.1, -0.05) is 11.8 Å². The molecule has 0 unspecified atom stereocenters. The normalized spacial score (nSPS) is 10.7. The highest BCUT2D eigenvalue weighted by atomic mass is 32.2. The minimum atomic E-state index is -2.45. The van der Waals surface area contributed by atoms with Gasteiger partial charge in [-0.15, -0.1) is 11.8 Å². The van der Waals surface area contributed by atoms with Gasteiger partial charge in [0.1, 0.15) is 5.75 Å². The SMILES string of the molecule is CCOc1ccc(SCC(=O)Nc2ccc(SC(F)F)cc2)cc1. The van der Waals surface area contributed by atoms with Gasteiger partial charge >= 0.3 is 0 Å². The van der Waals surface area contributed by atoms with E-state index in [1.165, 1.54) is 11.8 Å². The molecule has 0 aromatic heterocycles.